The van der Waals surface area contributed by atoms with Crippen molar-refractivity contribution in [2.45, 2.75) is 19.4 Å². The summed E-state index contributed by atoms with van der Waals surface area (Å²) in [6, 6.07) is 20.2. The molecule has 0 spiro atoms. The van der Waals surface area contributed by atoms with E-state index in [1.165, 1.54) is 0 Å². The molecule has 2 amide bonds. The SMILES string of the molecule is O=C(Nc1ccc2c(c1)CCC(=O)N2Cc1ccccc1)c1cc(Cl)cc(Cl)c1. The molecule has 0 bridgehead atoms. The van der Waals surface area contributed by atoms with Crippen LogP contribution in [0.3, 0.4) is 0 Å². The Morgan fingerprint density at radius 2 is 1.66 bits per heavy atom. The number of aryl methyl sites for hydroxylation is 1. The van der Waals surface area contributed by atoms with Crippen molar-refractivity contribution in [3.63, 3.8) is 0 Å². The third-order valence-corrected chi connectivity index (χ3v) is 5.28. The molecular weight excluding hydrogens is 407 g/mol. The third-order valence-electron chi connectivity index (χ3n) is 4.85. The molecule has 3 aromatic carbocycles. The number of hydrogen-bond acceptors (Lipinski definition) is 2. The van der Waals surface area contributed by atoms with Gasteiger partial charge in [0.25, 0.3) is 5.91 Å². The van der Waals surface area contributed by atoms with Gasteiger partial charge in [-0.1, -0.05) is 53.5 Å². The highest BCUT2D eigenvalue weighted by Crippen LogP contribution is 2.32. The second kappa shape index (κ2) is 8.27. The van der Waals surface area contributed by atoms with E-state index in [9.17, 15) is 9.59 Å². The lowest BCUT2D eigenvalue weighted by atomic mass is 9.99. The Balaban J connectivity index is 1.56. The minimum absolute atomic E-state index is 0.103. The topological polar surface area (TPSA) is 49.4 Å². The van der Waals surface area contributed by atoms with Crippen LogP contribution in [-0.4, -0.2) is 11.8 Å². The molecule has 0 aliphatic carbocycles. The second-order valence-electron chi connectivity index (χ2n) is 6.92. The highest BCUT2D eigenvalue weighted by molar-refractivity contribution is 6.35. The van der Waals surface area contributed by atoms with Gasteiger partial charge in [-0.2, -0.15) is 0 Å². The lowest BCUT2D eigenvalue weighted by Gasteiger charge is -2.30. The van der Waals surface area contributed by atoms with E-state index in [1.807, 2.05) is 42.5 Å². The van der Waals surface area contributed by atoms with Gasteiger partial charge in [-0.3, -0.25) is 9.59 Å². The monoisotopic (exact) mass is 424 g/mol. The first-order valence-corrected chi connectivity index (χ1v) is 10.00. The number of fused-ring (bicyclic) bond motifs is 1. The summed E-state index contributed by atoms with van der Waals surface area (Å²) in [5.74, 6) is -0.186. The first-order valence-electron chi connectivity index (χ1n) is 9.24. The number of benzene rings is 3. The third kappa shape index (κ3) is 4.44. The Kier molecular flexibility index (Phi) is 5.56. The molecule has 29 heavy (non-hydrogen) atoms. The van der Waals surface area contributed by atoms with E-state index in [-0.39, 0.29) is 11.8 Å². The average molecular weight is 425 g/mol. The smallest absolute Gasteiger partial charge is 0.255 e. The molecule has 3 aromatic rings. The fraction of sp³-hybridized carbons (Fsp3) is 0.130. The zero-order valence-electron chi connectivity index (χ0n) is 15.5. The predicted octanol–water partition coefficient (Wildman–Crippen LogP) is 5.73. The van der Waals surface area contributed by atoms with E-state index in [2.05, 4.69) is 5.32 Å². The lowest BCUT2D eigenvalue weighted by molar-refractivity contribution is -0.119. The predicted molar refractivity (Wildman–Crippen MR) is 117 cm³/mol. The summed E-state index contributed by atoms with van der Waals surface area (Å²) in [4.78, 5) is 26.9. The van der Waals surface area contributed by atoms with Crippen molar-refractivity contribution in [1.82, 2.24) is 0 Å². The molecule has 0 saturated heterocycles. The van der Waals surface area contributed by atoms with Crippen LogP contribution in [0, 0.1) is 0 Å². The zero-order chi connectivity index (χ0) is 20.4. The normalized spacial score (nSPS) is 13.2. The average Bonchev–Trinajstić information content (AvgIpc) is 2.70. The minimum Gasteiger partial charge on any atom is -0.322 e. The molecule has 6 heteroatoms. The molecule has 0 saturated carbocycles. The van der Waals surface area contributed by atoms with Crippen molar-refractivity contribution in [3.8, 4) is 0 Å². The summed E-state index contributed by atoms with van der Waals surface area (Å²) in [7, 11) is 0. The molecule has 0 atom stereocenters. The fourth-order valence-electron chi connectivity index (χ4n) is 3.47. The maximum atomic E-state index is 12.6. The summed E-state index contributed by atoms with van der Waals surface area (Å²) in [6.45, 7) is 0.527. The van der Waals surface area contributed by atoms with E-state index in [0.29, 0.717) is 40.7 Å². The molecule has 1 heterocycles. The van der Waals surface area contributed by atoms with Crippen LogP contribution in [0.4, 0.5) is 11.4 Å². The molecule has 0 aromatic heterocycles. The van der Waals surface area contributed by atoms with Crippen LogP contribution in [0.15, 0.2) is 66.7 Å². The van der Waals surface area contributed by atoms with Gasteiger partial charge < -0.3 is 10.2 Å². The van der Waals surface area contributed by atoms with Gasteiger partial charge in [0, 0.05) is 33.4 Å². The second-order valence-corrected chi connectivity index (χ2v) is 7.79. The Labute approximate surface area is 179 Å². The van der Waals surface area contributed by atoms with Crippen molar-refractivity contribution in [3.05, 3.63) is 93.5 Å². The van der Waals surface area contributed by atoms with Crippen LogP contribution in [0.1, 0.15) is 27.9 Å². The van der Waals surface area contributed by atoms with E-state index in [4.69, 9.17) is 23.2 Å². The quantitative estimate of drug-likeness (QED) is 0.581. The number of amides is 2. The highest BCUT2D eigenvalue weighted by atomic mass is 35.5. The summed E-state index contributed by atoms with van der Waals surface area (Å²) in [6.07, 6.45) is 1.09. The Morgan fingerprint density at radius 3 is 2.38 bits per heavy atom. The van der Waals surface area contributed by atoms with Crippen LogP contribution < -0.4 is 10.2 Å². The Hall–Kier alpha value is -2.82. The number of anilines is 2. The van der Waals surface area contributed by atoms with E-state index in [1.54, 1.807) is 29.2 Å². The summed E-state index contributed by atoms with van der Waals surface area (Å²) < 4.78 is 0. The van der Waals surface area contributed by atoms with Crippen LogP contribution in [0.2, 0.25) is 10.0 Å². The van der Waals surface area contributed by atoms with Crippen LogP contribution in [0.25, 0.3) is 0 Å². The molecule has 4 rings (SSSR count). The van der Waals surface area contributed by atoms with Crippen LogP contribution in [-0.2, 0) is 17.8 Å². The summed E-state index contributed by atoms with van der Waals surface area (Å²) >= 11 is 12.0. The van der Waals surface area contributed by atoms with Gasteiger partial charge in [-0.15, -0.1) is 0 Å². The van der Waals surface area contributed by atoms with E-state index in [0.717, 1.165) is 16.8 Å². The van der Waals surface area contributed by atoms with Gasteiger partial charge in [0.1, 0.15) is 0 Å². The van der Waals surface area contributed by atoms with Gasteiger partial charge in [0.2, 0.25) is 5.91 Å². The van der Waals surface area contributed by atoms with Gasteiger partial charge in [-0.05, 0) is 53.9 Å². The van der Waals surface area contributed by atoms with E-state index < -0.39 is 0 Å². The van der Waals surface area contributed by atoms with Crippen LogP contribution >= 0.6 is 23.2 Å². The van der Waals surface area contributed by atoms with Gasteiger partial charge >= 0.3 is 0 Å². The summed E-state index contributed by atoms with van der Waals surface area (Å²) in [5, 5.41) is 3.69. The molecule has 0 fully saturated rings. The molecule has 1 aliphatic rings. The number of hydrogen-bond donors (Lipinski definition) is 1. The summed E-state index contributed by atoms with van der Waals surface area (Å²) in [5.41, 5.74) is 4.04. The molecule has 146 valence electrons. The lowest BCUT2D eigenvalue weighted by Crippen LogP contribution is -2.34. The molecule has 0 unspecified atom stereocenters. The van der Waals surface area contributed by atoms with Gasteiger partial charge in [-0.25, -0.2) is 0 Å². The van der Waals surface area contributed by atoms with Crippen molar-refractivity contribution in [2.75, 3.05) is 10.2 Å². The Bertz CT molecular complexity index is 1060. The number of nitrogens with zero attached hydrogens (tertiary/aromatic N) is 1. The van der Waals surface area contributed by atoms with Crippen molar-refractivity contribution in [1.29, 1.82) is 0 Å². The van der Waals surface area contributed by atoms with Gasteiger partial charge in [0.15, 0.2) is 0 Å². The number of carbonyl (C=O) groups is 2. The molecule has 1 aliphatic heterocycles. The maximum absolute atomic E-state index is 12.6. The van der Waals surface area contributed by atoms with Crippen molar-refractivity contribution in [2.24, 2.45) is 0 Å². The first kappa shape index (κ1) is 19.5. The van der Waals surface area contributed by atoms with Gasteiger partial charge in [0.05, 0.1) is 6.54 Å². The zero-order valence-corrected chi connectivity index (χ0v) is 17.0. The highest BCUT2D eigenvalue weighted by Gasteiger charge is 2.24. The minimum atomic E-state index is -0.289. The van der Waals surface area contributed by atoms with Crippen molar-refractivity contribution < 1.29 is 9.59 Å². The standard InChI is InChI=1S/C23H18Cl2N2O2/c24-18-10-17(11-19(25)13-18)23(29)26-20-7-8-21-16(12-20)6-9-22(28)27(21)14-15-4-2-1-3-5-15/h1-5,7-8,10-13H,6,9,14H2,(H,26,29). The first-order chi connectivity index (χ1) is 14.0. The Morgan fingerprint density at radius 1 is 0.931 bits per heavy atom. The largest absolute Gasteiger partial charge is 0.322 e. The van der Waals surface area contributed by atoms with E-state index >= 15 is 0 Å². The molecule has 1 N–H and O–H groups in total. The van der Waals surface area contributed by atoms with Crippen molar-refractivity contribution >= 4 is 46.4 Å². The molecule has 4 nitrogen and oxygen atoms in total. The number of carbonyl (C=O) groups excluding carboxylic acids is 2. The fourth-order valence-corrected chi connectivity index (χ4v) is 3.99. The number of rotatable bonds is 4. The van der Waals surface area contributed by atoms with Crippen LogP contribution in [0.5, 0.6) is 0 Å². The molecular formula is C23H18Cl2N2O2. The maximum Gasteiger partial charge on any atom is 0.255 e. The number of nitrogens with one attached hydrogen (secondary N) is 1. The number of halogens is 2. The molecule has 0 radical (unpaired) electrons.